The standard InChI is InChI=1S/C20H15NO5S/c22-20(23)18(19-2-1-11-27-19)12-14-5-9-17(10-6-14)26-13-15-3-7-16(8-4-15)21(24)25/h1-12H,13H2,(H,22,23)/b18-12-. The van der Waals surface area contributed by atoms with Crippen LogP contribution in [0.15, 0.2) is 66.0 Å². The van der Waals surface area contributed by atoms with Crippen molar-refractivity contribution in [1.29, 1.82) is 0 Å². The molecule has 0 bridgehead atoms. The first kappa shape index (κ1) is 18.3. The van der Waals surface area contributed by atoms with E-state index in [2.05, 4.69) is 0 Å². The first-order chi connectivity index (χ1) is 13.0. The predicted molar refractivity (Wildman–Crippen MR) is 104 cm³/mol. The third-order valence-corrected chi connectivity index (χ3v) is 4.66. The lowest BCUT2D eigenvalue weighted by atomic mass is 10.1. The third kappa shape index (κ3) is 4.80. The smallest absolute Gasteiger partial charge is 0.337 e. The fourth-order valence-electron chi connectivity index (χ4n) is 2.38. The Hall–Kier alpha value is -3.45. The number of carboxylic acid groups (broad SMARTS) is 1. The van der Waals surface area contributed by atoms with Gasteiger partial charge >= 0.3 is 5.97 Å². The lowest BCUT2D eigenvalue weighted by molar-refractivity contribution is -0.384. The van der Waals surface area contributed by atoms with E-state index in [-0.39, 0.29) is 17.9 Å². The highest BCUT2D eigenvalue weighted by Gasteiger charge is 2.11. The lowest BCUT2D eigenvalue weighted by Crippen LogP contribution is -1.98. The molecule has 0 aliphatic carbocycles. The van der Waals surface area contributed by atoms with Gasteiger partial charge in [-0.25, -0.2) is 4.79 Å². The Morgan fingerprint density at radius 2 is 1.81 bits per heavy atom. The van der Waals surface area contributed by atoms with E-state index in [4.69, 9.17) is 4.74 Å². The van der Waals surface area contributed by atoms with E-state index < -0.39 is 10.9 Å². The van der Waals surface area contributed by atoms with Gasteiger partial charge in [0.05, 0.1) is 10.5 Å². The minimum Gasteiger partial charge on any atom is -0.489 e. The zero-order valence-corrected chi connectivity index (χ0v) is 14.9. The van der Waals surface area contributed by atoms with Crippen molar-refractivity contribution >= 4 is 34.6 Å². The van der Waals surface area contributed by atoms with Crippen molar-refractivity contribution in [1.82, 2.24) is 0 Å². The second-order valence-corrected chi connectivity index (χ2v) is 6.57. The van der Waals surface area contributed by atoms with Crippen LogP contribution in [-0.2, 0) is 11.4 Å². The van der Waals surface area contributed by atoms with E-state index in [9.17, 15) is 20.0 Å². The maximum Gasteiger partial charge on any atom is 0.337 e. The number of aliphatic carboxylic acids is 1. The molecule has 0 atom stereocenters. The molecule has 0 spiro atoms. The Kier molecular flexibility index (Phi) is 5.63. The molecule has 136 valence electrons. The Labute approximate surface area is 159 Å². The van der Waals surface area contributed by atoms with Crippen LogP contribution in [0.5, 0.6) is 5.75 Å². The summed E-state index contributed by atoms with van der Waals surface area (Å²) in [6, 6.07) is 16.8. The maximum atomic E-state index is 11.5. The molecule has 27 heavy (non-hydrogen) atoms. The summed E-state index contributed by atoms with van der Waals surface area (Å²) >= 11 is 1.37. The number of hydrogen-bond donors (Lipinski definition) is 1. The van der Waals surface area contributed by atoms with Crippen LogP contribution in [0, 0.1) is 10.1 Å². The molecule has 3 aromatic rings. The summed E-state index contributed by atoms with van der Waals surface area (Å²) in [6.07, 6.45) is 1.62. The van der Waals surface area contributed by atoms with Crippen molar-refractivity contribution in [3.63, 3.8) is 0 Å². The number of thiophene rings is 1. The number of non-ortho nitro benzene ring substituents is 1. The van der Waals surface area contributed by atoms with Gasteiger partial charge in [-0.1, -0.05) is 18.2 Å². The normalized spacial score (nSPS) is 11.2. The molecule has 7 heteroatoms. The van der Waals surface area contributed by atoms with E-state index >= 15 is 0 Å². The molecule has 6 nitrogen and oxygen atoms in total. The Morgan fingerprint density at radius 1 is 1.11 bits per heavy atom. The first-order valence-corrected chi connectivity index (χ1v) is 8.86. The van der Waals surface area contributed by atoms with Gasteiger partial charge in [-0.2, -0.15) is 0 Å². The van der Waals surface area contributed by atoms with Gasteiger partial charge in [0.2, 0.25) is 0 Å². The summed E-state index contributed by atoms with van der Waals surface area (Å²) in [4.78, 5) is 22.4. The molecule has 0 aliphatic rings. The average Bonchev–Trinajstić information content (AvgIpc) is 3.19. The topological polar surface area (TPSA) is 89.7 Å². The average molecular weight is 381 g/mol. The van der Waals surface area contributed by atoms with Gasteiger partial charge in [0.25, 0.3) is 5.69 Å². The van der Waals surface area contributed by atoms with E-state index in [1.807, 2.05) is 11.4 Å². The molecular weight excluding hydrogens is 366 g/mol. The van der Waals surface area contributed by atoms with Gasteiger partial charge in [-0.3, -0.25) is 10.1 Å². The number of nitro benzene ring substituents is 1. The molecule has 1 heterocycles. The minimum atomic E-state index is -0.976. The fourth-order valence-corrected chi connectivity index (χ4v) is 3.11. The number of carbonyl (C=O) groups is 1. The van der Waals surface area contributed by atoms with Gasteiger partial charge in [-0.15, -0.1) is 11.3 Å². The van der Waals surface area contributed by atoms with Crippen LogP contribution < -0.4 is 4.74 Å². The molecule has 0 amide bonds. The van der Waals surface area contributed by atoms with Gasteiger partial charge in [0.1, 0.15) is 12.4 Å². The first-order valence-electron chi connectivity index (χ1n) is 7.98. The number of ether oxygens (including phenoxy) is 1. The summed E-state index contributed by atoms with van der Waals surface area (Å²) < 4.78 is 5.67. The molecular formula is C20H15NO5S. The molecule has 0 aliphatic heterocycles. The van der Waals surface area contributed by atoms with Crippen LogP contribution >= 0.6 is 11.3 Å². The molecule has 2 aromatic carbocycles. The Bertz CT molecular complexity index is 961. The van der Waals surface area contributed by atoms with Gasteiger partial charge in [0.15, 0.2) is 0 Å². The van der Waals surface area contributed by atoms with Crippen molar-refractivity contribution in [2.75, 3.05) is 0 Å². The van der Waals surface area contributed by atoms with Gasteiger partial charge in [-0.05, 0) is 52.9 Å². The van der Waals surface area contributed by atoms with Crippen molar-refractivity contribution in [2.45, 2.75) is 6.61 Å². The molecule has 0 saturated heterocycles. The summed E-state index contributed by atoms with van der Waals surface area (Å²) in [7, 11) is 0. The van der Waals surface area contributed by atoms with E-state index in [1.54, 1.807) is 48.5 Å². The molecule has 0 fully saturated rings. The fraction of sp³-hybridized carbons (Fsp3) is 0.0500. The molecule has 0 saturated carbocycles. The molecule has 3 rings (SSSR count). The van der Waals surface area contributed by atoms with Crippen LogP contribution in [0.3, 0.4) is 0 Å². The second kappa shape index (κ2) is 8.29. The highest BCUT2D eigenvalue weighted by Crippen LogP contribution is 2.24. The number of nitro groups is 1. The van der Waals surface area contributed by atoms with Crippen LogP contribution in [0.2, 0.25) is 0 Å². The SMILES string of the molecule is O=C(O)/C(=C\c1ccc(OCc2ccc([N+](=O)[O-])cc2)cc1)c1cccs1. The summed E-state index contributed by atoms with van der Waals surface area (Å²) in [5.41, 5.74) is 1.85. The lowest BCUT2D eigenvalue weighted by Gasteiger charge is -2.07. The second-order valence-electron chi connectivity index (χ2n) is 5.62. The third-order valence-electron chi connectivity index (χ3n) is 3.76. The van der Waals surface area contributed by atoms with Crippen molar-refractivity contribution in [3.8, 4) is 5.75 Å². The minimum absolute atomic E-state index is 0.0369. The predicted octanol–water partition coefficient (Wildman–Crippen LogP) is 4.86. The van der Waals surface area contributed by atoms with Crippen LogP contribution in [-0.4, -0.2) is 16.0 Å². The van der Waals surface area contributed by atoms with Gasteiger partial charge < -0.3 is 9.84 Å². The van der Waals surface area contributed by atoms with E-state index in [0.717, 1.165) is 11.1 Å². The van der Waals surface area contributed by atoms with Crippen LogP contribution in [0.25, 0.3) is 11.6 Å². The zero-order chi connectivity index (χ0) is 19.2. The molecule has 0 radical (unpaired) electrons. The number of benzene rings is 2. The van der Waals surface area contributed by atoms with Crippen molar-refractivity contribution in [3.05, 3.63) is 92.2 Å². The Morgan fingerprint density at radius 3 is 2.37 bits per heavy atom. The number of rotatable bonds is 7. The molecule has 1 N–H and O–H groups in total. The summed E-state index contributed by atoms with van der Waals surface area (Å²) in [6.45, 7) is 0.281. The largest absolute Gasteiger partial charge is 0.489 e. The van der Waals surface area contributed by atoms with Crippen LogP contribution in [0.1, 0.15) is 16.0 Å². The number of hydrogen-bond acceptors (Lipinski definition) is 5. The molecule has 0 unspecified atom stereocenters. The van der Waals surface area contributed by atoms with Crippen molar-refractivity contribution in [2.24, 2.45) is 0 Å². The van der Waals surface area contributed by atoms with E-state index in [0.29, 0.717) is 10.6 Å². The molecule has 1 aromatic heterocycles. The van der Waals surface area contributed by atoms with Crippen LogP contribution in [0.4, 0.5) is 5.69 Å². The zero-order valence-electron chi connectivity index (χ0n) is 14.1. The van der Waals surface area contributed by atoms with Crippen molar-refractivity contribution < 1.29 is 19.6 Å². The highest BCUT2D eigenvalue weighted by atomic mass is 32.1. The van der Waals surface area contributed by atoms with E-state index in [1.165, 1.54) is 23.5 Å². The monoisotopic (exact) mass is 381 g/mol. The highest BCUT2D eigenvalue weighted by molar-refractivity contribution is 7.11. The summed E-state index contributed by atoms with van der Waals surface area (Å²) in [5.74, 6) is -0.352. The number of nitrogens with zero attached hydrogens (tertiary/aromatic N) is 1. The quantitative estimate of drug-likeness (QED) is 0.359. The maximum absolute atomic E-state index is 11.5. The summed E-state index contributed by atoms with van der Waals surface area (Å²) in [5, 5.41) is 21.9. The van der Waals surface area contributed by atoms with Gasteiger partial charge in [0, 0.05) is 17.0 Å². The Balaban J connectivity index is 1.67. The number of carboxylic acids is 1.